The van der Waals surface area contributed by atoms with Gasteiger partial charge in [-0.3, -0.25) is 9.59 Å². The molecule has 0 aliphatic carbocycles. The average Bonchev–Trinajstić information content (AvgIpc) is 2.82. The van der Waals surface area contributed by atoms with Crippen molar-refractivity contribution in [1.82, 2.24) is 4.31 Å². The number of hydrogen-bond acceptors (Lipinski definition) is 4. The van der Waals surface area contributed by atoms with Gasteiger partial charge in [0.05, 0.1) is 5.56 Å². The van der Waals surface area contributed by atoms with E-state index >= 15 is 0 Å². The highest BCUT2D eigenvalue weighted by Gasteiger charge is 2.40. The van der Waals surface area contributed by atoms with E-state index in [1.807, 2.05) is 24.3 Å². The van der Waals surface area contributed by atoms with E-state index in [2.05, 4.69) is 0 Å². The van der Waals surface area contributed by atoms with Gasteiger partial charge in [-0.25, -0.2) is 12.7 Å². The predicted molar refractivity (Wildman–Crippen MR) is 101 cm³/mol. The van der Waals surface area contributed by atoms with Crippen LogP contribution < -0.4 is 4.90 Å². The highest BCUT2D eigenvalue weighted by molar-refractivity contribution is 7.90. The Bertz CT molecular complexity index is 1050. The number of amides is 2. The minimum Gasteiger partial charge on any atom is -0.308 e. The molecule has 0 aromatic heterocycles. The molecule has 2 heterocycles. The molecule has 0 bridgehead atoms. The van der Waals surface area contributed by atoms with Crippen LogP contribution in [0.5, 0.6) is 0 Å². The van der Waals surface area contributed by atoms with Gasteiger partial charge in [-0.2, -0.15) is 0 Å². The lowest BCUT2D eigenvalue weighted by Crippen LogP contribution is -2.32. The SMILES string of the molecule is CCN1C(=O)c2ccc(C(=O)N3CCCCc4ccccc43)cc2S1(=O)=O. The second-order valence-electron chi connectivity index (χ2n) is 6.73. The van der Waals surface area contributed by atoms with Crippen LogP contribution in [-0.4, -0.2) is 37.6 Å². The van der Waals surface area contributed by atoms with Gasteiger partial charge in [-0.05, 0) is 56.0 Å². The third-order valence-corrected chi connectivity index (χ3v) is 7.04. The zero-order valence-electron chi connectivity index (χ0n) is 15.0. The van der Waals surface area contributed by atoms with Gasteiger partial charge in [-0.15, -0.1) is 0 Å². The van der Waals surface area contributed by atoms with Crippen molar-refractivity contribution >= 4 is 27.5 Å². The Kier molecular flexibility index (Phi) is 4.26. The van der Waals surface area contributed by atoms with E-state index < -0.39 is 15.9 Å². The van der Waals surface area contributed by atoms with E-state index in [1.54, 1.807) is 17.9 Å². The smallest absolute Gasteiger partial charge is 0.268 e. The van der Waals surface area contributed by atoms with Crippen molar-refractivity contribution in [3.63, 3.8) is 0 Å². The molecule has 4 rings (SSSR count). The predicted octanol–water partition coefficient (Wildman–Crippen LogP) is 2.83. The molecule has 140 valence electrons. The fourth-order valence-electron chi connectivity index (χ4n) is 3.78. The lowest BCUT2D eigenvalue weighted by atomic mass is 10.1. The summed E-state index contributed by atoms with van der Waals surface area (Å²) in [6.45, 7) is 2.26. The van der Waals surface area contributed by atoms with Gasteiger partial charge in [0.1, 0.15) is 4.90 Å². The summed E-state index contributed by atoms with van der Waals surface area (Å²) in [5, 5.41) is 0. The topological polar surface area (TPSA) is 74.8 Å². The Balaban J connectivity index is 1.76. The molecule has 0 unspecified atom stereocenters. The van der Waals surface area contributed by atoms with Crippen LogP contribution in [0.3, 0.4) is 0 Å². The van der Waals surface area contributed by atoms with Crippen molar-refractivity contribution in [3.05, 3.63) is 59.2 Å². The van der Waals surface area contributed by atoms with Gasteiger partial charge in [-0.1, -0.05) is 18.2 Å². The molecule has 0 atom stereocenters. The number of hydrogen-bond donors (Lipinski definition) is 0. The quantitative estimate of drug-likeness (QED) is 0.798. The minimum atomic E-state index is -3.89. The highest BCUT2D eigenvalue weighted by Crippen LogP contribution is 2.32. The van der Waals surface area contributed by atoms with Gasteiger partial charge in [0.2, 0.25) is 0 Å². The maximum absolute atomic E-state index is 13.2. The summed E-state index contributed by atoms with van der Waals surface area (Å²) in [6, 6.07) is 12.1. The van der Waals surface area contributed by atoms with Crippen LogP contribution in [0, 0.1) is 0 Å². The Morgan fingerprint density at radius 2 is 1.89 bits per heavy atom. The summed E-state index contributed by atoms with van der Waals surface area (Å²) in [6.07, 6.45) is 2.80. The largest absolute Gasteiger partial charge is 0.308 e. The molecular weight excluding hydrogens is 364 g/mol. The van der Waals surface area contributed by atoms with Gasteiger partial charge in [0.25, 0.3) is 21.8 Å². The molecule has 0 N–H and O–H groups in total. The molecule has 0 fully saturated rings. The minimum absolute atomic E-state index is 0.0681. The first-order valence-electron chi connectivity index (χ1n) is 9.06. The summed E-state index contributed by atoms with van der Waals surface area (Å²) >= 11 is 0. The maximum atomic E-state index is 13.2. The van der Waals surface area contributed by atoms with Crippen LogP contribution in [0.1, 0.15) is 46.0 Å². The average molecular weight is 384 g/mol. The van der Waals surface area contributed by atoms with E-state index in [0.29, 0.717) is 6.54 Å². The second-order valence-corrected chi connectivity index (χ2v) is 8.56. The zero-order chi connectivity index (χ0) is 19.2. The van der Waals surface area contributed by atoms with Crippen LogP contribution in [0.4, 0.5) is 5.69 Å². The molecular formula is C20H20N2O4S. The van der Waals surface area contributed by atoms with E-state index in [1.165, 1.54) is 12.1 Å². The molecule has 2 aliphatic rings. The molecule has 2 amide bonds. The molecule has 0 radical (unpaired) electrons. The highest BCUT2D eigenvalue weighted by atomic mass is 32.2. The van der Waals surface area contributed by atoms with Crippen molar-refractivity contribution < 1.29 is 18.0 Å². The number of sulfonamides is 1. The number of para-hydroxylation sites is 1. The first kappa shape index (κ1) is 17.7. The van der Waals surface area contributed by atoms with Gasteiger partial charge in [0.15, 0.2) is 0 Å². The summed E-state index contributed by atoms with van der Waals surface area (Å²) in [5.74, 6) is -0.781. The Labute approximate surface area is 158 Å². The molecule has 2 aromatic rings. The number of aryl methyl sites for hydroxylation is 1. The van der Waals surface area contributed by atoms with E-state index in [4.69, 9.17) is 0 Å². The molecule has 27 heavy (non-hydrogen) atoms. The molecule has 6 nitrogen and oxygen atoms in total. The third kappa shape index (κ3) is 2.73. The van der Waals surface area contributed by atoms with Crippen LogP contribution in [0.2, 0.25) is 0 Å². The normalized spacial score (nSPS) is 18.0. The summed E-state index contributed by atoms with van der Waals surface area (Å²) in [4.78, 5) is 27.1. The van der Waals surface area contributed by atoms with E-state index in [-0.39, 0.29) is 28.5 Å². The van der Waals surface area contributed by atoms with Crippen molar-refractivity contribution in [1.29, 1.82) is 0 Å². The summed E-state index contributed by atoms with van der Waals surface area (Å²) < 4.78 is 26.1. The maximum Gasteiger partial charge on any atom is 0.268 e. The standard InChI is InChI=1S/C20H20N2O4S/c1-2-22-20(24)16-11-10-15(13-18(16)27(22,25)26)19(23)21-12-6-5-8-14-7-3-4-9-17(14)21/h3-4,7,9-11,13H,2,5-6,8,12H2,1H3. The van der Waals surface area contributed by atoms with E-state index in [0.717, 1.165) is 34.8 Å². The van der Waals surface area contributed by atoms with Crippen LogP contribution in [0.25, 0.3) is 0 Å². The fourth-order valence-corrected chi connectivity index (χ4v) is 5.38. The van der Waals surface area contributed by atoms with Crippen LogP contribution in [0.15, 0.2) is 47.4 Å². The molecule has 0 saturated carbocycles. The summed E-state index contributed by atoms with van der Waals surface area (Å²) in [5.41, 5.74) is 2.39. The van der Waals surface area contributed by atoms with Crippen molar-refractivity contribution in [3.8, 4) is 0 Å². The van der Waals surface area contributed by atoms with Crippen LogP contribution in [-0.2, 0) is 16.4 Å². The molecule has 0 spiro atoms. The number of nitrogens with zero attached hydrogens (tertiary/aromatic N) is 2. The van der Waals surface area contributed by atoms with Gasteiger partial charge >= 0.3 is 0 Å². The Morgan fingerprint density at radius 1 is 1.11 bits per heavy atom. The first-order valence-corrected chi connectivity index (χ1v) is 10.5. The number of carbonyl (C=O) groups is 2. The number of fused-ring (bicyclic) bond motifs is 2. The number of benzene rings is 2. The number of rotatable bonds is 2. The Morgan fingerprint density at radius 3 is 2.67 bits per heavy atom. The molecule has 2 aliphatic heterocycles. The van der Waals surface area contributed by atoms with E-state index in [9.17, 15) is 18.0 Å². The third-order valence-electron chi connectivity index (χ3n) is 5.15. The van der Waals surface area contributed by atoms with Crippen molar-refractivity contribution in [2.24, 2.45) is 0 Å². The first-order chi connectivity index (χ1) is 12.9. The second kappa shape index (κ2) is 6.49. The van der Waals surface area contributed by atoms with Crippen molar-refractivity contribution in [2.75, 3.05) is 18.0 Å². The number of carbonyl (C=O) groups excluding carboxylic acids is 2. The monoisotopic (exact) mass is 384 g/mol. The number of anilines is 1. The van der Waals surface area contributed by atoms with Gasteiger partial charge < -0.3 is 4.90 Å². The Hall–Kier alpha value is -2.67. The molecule has 0 saturated heterocycles. The fraction of sp³-hybridized carbons (Fsp3) is 0.300. The van der Waals surface area contributed by atoms with Crippen LogP contribution >= 0.6 is 0 Å². The van der Waals surface area contributed by atoms with Gasteiger partial charge in [0, 0.05) is 24.3 Å². The summed E-state index contributed by atoms with van der Waals surface area (Å²) in [7, 11) is -3.89. The molecule has 7 heteroatoms. The zero-order valence-corrected chi connectivity index (χ0v) is 15.8. The lowest BCUT2D eigenvalue weighted by Gasteiger charge is -2.23. The van der Waals surface area contributed by atoms with Crippen molar-refractivity contribution in [2.45, 2.75) is 31.1 Å². The lowest BCUT2D eigenvalue weighted by molar-refractivity contribution is 0.0874. The molecule has 2 aromatic carbocycles.